The Balaban J connectivity index is 0.00000200. The van der Waals surface area contributed by atoms with Gasteiger partial charge in [0.1, 0.15) is 5.82 Å². The fourth-order valence-electron chi connectivity index (χ4n) is 1.70. The van der Waals surface area contributed by atoms with Crippen molar-refractivity contribution >= 4 is 36.4 Å². The molecule has 1 amide bonds. The largest absolute Gasteiger partial charge is 0.322 e. The SMILES string of the molecule is CC[C@H](N)C(=O)Nc1cccnc1-n1ccnc1C.Cl.Cl. The van der Waals surface area contributed by atoms with Crippen LogP contribution in [0.5, 0.6) is 0 Å². The molecule has 2 aromatic rings. The number of aromatic nitrogens is 3. The van der Waals surface area contributed by atoms with Crippen molar-refractivity contribution in [3.63, 3.8) is 0 Å². The third-order valence-corrected chi connectivity index (χ3v) is 2.88. The Morgan fingerprint density at radius 1 is 1.38 bits per heavy atom. The van der Waals surface area contributed by atoms with Crippen molar-refractivity contribution in [3.05, 3.63) is 36.5 Å². The van der Waals surface area contributed by atoms with Crippen LogP contribution in [-0.2, 0) is 4.79 Å². The molecule has 0 fully saturated rings. The van der Waals surface area contributed by atoms with Crippen LogP contribution in [0.25, 0.3) is 5.82 Å². The molecule has 2 aromatic heterocycles. The minimum Gasteiger partial charge on any atom is -0.322 e. The lowest BCUT2D eigenvalue weighted by atomic mass is 10.2. The summed E-state index contributed by atoms with van der Waals surface area (Å²) in [6.45, 7) is 3.74. The number of nitrogens with two attached hydrogens (primary N) is 1. The quantitative estimate of drug-likeness (QED) is 0.898. The predicted molar refractivity (Wildman–Crippen MR) is 87.5 cm³/mol. The Labute approximate surface area is 136 Å². The molecule has 116 valence electrons. The minimum absolute atomic E-state index is 0. The summed E-state index contributed by atoms with van der Waals surface area (Å²) < 4.78 is 1.81. The van der Waals surface area contributed by atoms with E-state index in [0.717, 1.165) is 5.82 Å². The lowest BCUT2D eigenvalue weighted by molar-refractivity contribution is -0.117. The normalized spacial score (nSPS) is 11.0. The summed E-state index contributed by atoms with van der Waals surface area (Å²) in [5.74, 6) is 1.22. The number of imidazole rings is 1. The Morgan fingerprint density at radius 3 is 2.67 bits per heavy atom. The molecule has 0 aromatic carbocycles. The topological polar surface area (TPSA) is 85.8 Å². The lowest BCUT2D eigenvalue weighted by Crippen LogP contribution is -2.35. The van der Waals surface area contributed by atoms with Gasteiger partial charge in [0.25, 0.3) is 0 Å². The van der Waals surface area contributed by atoms with E-state index in [2.05, 4.69) is 15.3 Å². The number of anilines is 1. The van der Waals surface area contributed by atoms with Crippen molar-refractivity contribution in [1.29, 1.82) is 0 Å². The molecule has 21 heavy (non-hydrogen) atoms. The van der Waals surface area contributed by atoms with Crippen molar-refractivity contribution in [3.8, 4) is 5.82 Å². The monoisotopic (exact) mass is 331 g/mol. The molecule has 2 rings (SSSR count). The second-order valence-electron chi connectivity index (χ2n) is 4.22. The number of nitrogens with one attached hydrogen (secondary N) is 1. The summed E-state index contributed by atoms with van der Waals surface area (Å²) in [7, 11) is 0. The fraction of sp³-hybridized carbons (Fsp3) is 0.308. The van der Waals surface area contributed by atoms with Crippen LogP contribution < -0.4 is 11.1 Å². The summed E-state index contributed by atoms with van der Waals surface area (Å²) in [5, 5.41) is 2.80. The molecule has 6 nitrogen and oxygen atoms in total. The third kappa shape index (κ3) is 4.42. The van der Waals surface area contributed by atoms with Crippen molar-refractivity contribution in [1.82, 2.24) is 14.5 Å². The predicted octanol–water partition coefficient (Wildman–Crippen LogP) is 2.10. The molecule has 0 unspecified atom stereocenters. The summed E-state index contributed by atoms with van der Waals surface area (Å²) in [6.07, 6.45) is 5.75. The number of carbonyl (C=O) groups is 1. The van der Waals surface area contributed by atoms with Gasteiger partial charge in [0, 0.05) is 18.6 Å². The van der Waals surface area contributed by atoms with Gasteiger partial charge in [0.15, 0.2) is 5.82 Å². The van der Waals surface area contributed by atoms with E-state index in [1.54, 1.807) is 30.7 Å². The van der Waals surface area contributed by atoms with Gasteiger partial charge in [0.05, 0.1) is 11.7 Å². The maximum atomic E-state index is 11.9. The highest BCUT2D eigenvalue weighted by Crippen LogP contribution is 2.18. The average Bonchev–Trinajstić information content (AvgIpc) is 2.84. The minimum atomic E-state index is -0.517. The van der Waals surface area contributed by atoms with Gasteiger partial charge in [-0.3, -0.25) is 9.36 Å². The second kappa shape index (κ2) is 8.61. The Morgan fingerprint density at radius 2 is 2.10 bits per heavy atom. The van der Waals surface area contributed by atoms with Crippen LogP contribution in [0.4, 0.5) is 5.69 Å². The van der Waals surface area contributed by atoms with Crippen LogP contribution in [0.1, 0.15) is 19.2 Å². The molecule has 2 heterocycles. The summed E-state index contributed by atoms with van der Waals surface area (Å²) in [6, 6.07) is 3.04. The van der Waals surface area contributed by atoms with Gasteiger partial charge in [-0.25, -0.2) is 9.97 Å². The molecule has 0 aliphatic heterocycles. The smallest absolute Gasteiger partial charge is 0.241 e. The van der Waals surface area contributed by atoms with Crippen LogP contribution >= 0.6 is 24.8 Å². The summed E-state index contributed by atoms with van der Waals surface area (Å²) in [5.41, 5.74) is 6.33. The van der Waals surface area contributed by atoms with Gasteiger partial charge in [0.2, 0.25) is 5.91 Å². The van der Waals surface area contributed by atoms with E-state index in [-0.39, 0.29) is 30.7 Å². The van der Waals surface area contributed by atoms with Gasteiger partial charge >= 0.3 is 0 Å². The van der Waals surface area contributed by atoms with Gasteiger partial charge in [-0.2, -0.15) is 0 Å². The first-order chi connectivity index (χ1) is 9.13. The number of carbonyl (C=O) groups excluding carboxylic acids is 1. The molecule has 8 heteroatoms. The number of amides is 1. The van der Waals surface area contributed by atoms with Crippen LogP contribution in [0, 0.1) is 6.92 Å². The van der Waals surface area contributed by atoms with E-state index in [0.29, 0.717) is 17.9 Å². The standard InChI is InChI=1S/C13H17N5O.2ClH/c1-3-10(14)13(19)17-11-5-4-6-16-12(11)18-8-7-15-9(18)2;;/h4-8,10H,3,14H2,1-2H3,(H,17,19);2*1H/t10-;;/m0../s1. The Bertz CT molecular complexity index is 587. The molecule has 0 radical (unpaired) electrons. The molecule has 0 saturated heterocycles. The van der Waals surface area contributed by atoms with Gasteiger partial charge in [-0.15, -0.1) is 24.8 Å². The van der Waals surface area contributed by atoms with Gasteiger partial charge in [-0.05, 0) is 25.5 Å². The van der Waals surface area contributed by atoms with Crippen LogP contribution in [0.15, 0.2) is 30.7 Å². The molecule has 3 N–H and O–H groups in total. The summed E-state index contributed by atoms with van der Waals surface area (Å²) >= 11 is 0. The van der Waals surface area contributed by atoms with Gasteiger partial charge in [-0.1, -0.05) is 6.92 Å². The first kappa shape index (κ1) is 19.4. The van der Waals surface area contributed by atoms with E-state index in [9.17, 15) is 4.79 Å². The first-order valence-electron chi connectivity index (χ1n) is 6.15. The van der Waals surface area contributed by atoms with Crippen molar-refractivity contribution < 1.29 is 4.79 Å². The lowest BCUT2D eigenvalue weighted by Gasteiger charge is -2.14. The van der Waals surface area contributed by atoms with E-state index in [1.807, 2.05) is 18.4 Å². The fourth-order valence-corrected chi connectivity index (χ4v) is 1.70. The molecule has 1 atom stereocenters. The van der Waals surface area contributed by atoms with Crippen molar-refractivity contribution in [2.75, 3.05) is 5.32 Å². The average molecular weight is 332 g/mol. The number of pyridine rings is 1. The molecule has 0 bridgehead atoms. The van der Waals surface area contributed by atoms with Crippen LogP contribution in [-0.4, -0.2) is 26.5 Å². The maximum Gasteiger partial charge on any atom is 0.241 e. The molecule has 0 saturated carbocycles. The van der Waals surface area contributed by atoms with Crippen LogP contribution in [0.2, 0.25) is 0 Å². The zero-order chi connectivity index (χ0) is 13.8. The van der Waals surface area contributed by atoms with E-state index in [4.69, 9.17) is 5.73 Å². The number of halogens is 2. The number of rotatable bonds is 4. The van der Waals surface area contributed by atoms with Crippen LogP contribution in [0.3, 0.4) is 0 Å². The van der Waals surface area contributed by atoms with Gasteiger partial charge < -0.3 is 11.1 Å². The molecular formula is C13H19Cl2N5O. The van der Waals surface area contributed by atoms with Crippen molar-refractivity contribution in [2.45, 2.75) is 26.3 Å². The third-order valence-electron chi connectivity index (χ3n) is 2.88. The highest BCUT2D eigenvalue weighted by Gasteiger charge is 2.14. The number of nitrogens with zero attached hydrogens (tertiary/aromatic N) is 3. The van der Waals surface area contributed by atoms with E-state index >= 15 is 0 Å². The Hall–Kier alpha value is -1.63. The second-order valence-corrected chi connectivity index (χ2v) is 4.22. The molecule has 0 spiro atoms. The zero-order valence-electron chi connectivity index (χ0n) is 11.8. The number of hydrogen-bond donors (Lipinski definition) is 2. The first-order valence-corrected chi connectivity index (χ1v) is 6.15. The molecule has 0 aliphatic carbocycles. The van der Waals surface area contributed by atoms with E-state index in [1.165, 1.54) is 0 Å². The molecular weight excluding hydrogens is 313 g/mol. The maximum absolute atomic E-state index is 11.9. The van der Waals surface area contributed by atoms with Crippen molar-refractivity contribution in [2.24, 2.45) is 5.73 Å². The van der Waals surface area contributed by atoms with E-state index < -0.39 is 6.04 Å². The number of hydrogen-bond acceptors (Lipinski definition) is 4. The Kier molecular flexibility index (Phi) is 7.94. The highest BCUT2D eigenvalue weighted by molar-refractivity contribution is 5.95. The summed E-state index contributed by atoms with van der Waals surface area (Å²) in [4.78, 5) is 20.3. The zero-order valence-corrected chi connectivity index (χ0v) is 13.4. The number of aryl methyl sites for hydroxylation is 1. The highest BCUT2D eigenvalue weighted by atomic mass is 35.5. The molecule has 0 aliphatic rings.